The zero-order chi connectivity index (χ0) is 15.1. The molecule has 0 aromatic carbocycles. The lowest BCUT2D eigenvalue weighted by Gasteiger charge is -2.22. The first-order valence-corrected chi connectivity index (χ1v) is 12.3. The molecule has 0 aromatic heterocycles. The molecule has 0 aliphatic rings. The Morgan fingerprint density at radius 2 is 1.00 bits per heavy atom. The van der Waals surface area contributed by atoms with E-state index in [2.05, 4.69) is 13.8 Å². The second-order valence-corrected chi connectivity index (χ2v) is 11.4. The van der Waals surface area contributed by atoms with Gasteiger partial charge in [0.1, 0.15) is 0 Å². The molecule has 0 aliphatic heterocycles. The van der Waals surface area contributed by atoms with Gasteiger partial charge in [-0.15, -0.1) is 11.1 Å². The van der Waals surface area contributed by atoms with Crippen LogP contribution in [0, 0.1) is 0 Å². The molecule has 0 fully saturated rings. The molecule has 0 atom stereocenters. The molecule has 0 radical (unpaired) electrons. The highest BCUT2D eigenvalue weighted by Crippen LogP contribution is 2.27. The number of hydrogen-bond acceptors (Lipinski definition) is 1. The predicted molar refractivity (Wildman–Crippen MR) is 95.0 cm³/mol. The van der Waals surface area contributed by atoms with Crippen LogP contribution in [0.25, 0.3) is 0 Å². The number of hydrogen-bond donors (Lipinski definition) is 0. The molecule has 0 saturated heterocycles. The summed E-state index contributed by atoms with van der Waals surface area (Å²) in [5.74, 6) is 0. The van der Waals surface area contributed by atoms with E-state index in [4.69, 9.17) is 15.5 Å². The summed E-state index contributed by atoms with van der Waals surface area (Å²) < 4.78 is 5.70. The number of rotatable bonds is 15. The maximum atomic E-state index is 6.72. The molecule has 122 valence electrons. The van der Waals surface area contributed by atoms with E-state index in [0.29, 0.717) is 0 Å². The highest BCUT2D eigenvalue weighted by molar-refractivity contribution is 7.16. The van der Waals surface area contributed by atoms with Gasteiger partial charge in [-0.05, 0) is 12.1 Å². The standard InChI is InChI=1S/C17H37ClOSi/c1-4-6-8-10-12-14-16-20(18,19-3)17-15-13-11-9-7-5-2/h4-17H2,1-3H3. The van der Waals surface area contributed by atoms with Gasteiger partial charge in [0.25, 0.3) is 7.63 Å². The lowest BCUT2D eigenvalue weighted by atomic mass is 10.1. The van der Waals surface area contributed by atoms with E-state index >= 15 is 0 Å². The van der Waals surface area contributed by atoms with Crippen molar-refractivity contribution in [3.63, 3.8) is 0 Å². The van der Waals surface area contributed by atoms with Crippen LogP contribution in [0.4, 0.5) is 0 Å². The van der Waals surface area contributed by atoms with Crippen molar-refractivity contribution in [1.82, 2.24) is 0 Å². The molecule has 20 heavy (non-hydrogen) atoms. The topological polar surface area (TPSA) is 9.23 Å². The van der Waals surface area contributed by atoms with E-state index in [1.165, 1.54) is 77.0 Å². The lowest BCUT2D eigenvalue weighted by Crippen LogP contribution is -2.29. The van der Waals surface area contributed by atoms with Gasteiger partial charge < -0.3 is 4.43 Å². The van der Waals surface area contributed by atoms with E-state index < -0.39 is 7.63 Å². The summed E-state index contributed by atoms with van der Waals surface area (Å²) in [7, 11) is -0.0614. The van der Waals surface area contributed by atoms with Crippen LogP contribution in [0.1, 0.15) is 90.9 Å². The van der Waals surface area contributed by atoms with Gasteiger partial charge >= 0.3 is 0 Å². The Kier molecular flexibility index (Phi) is 14.7. The fourth-order valence-corrected chi connectivity index (χ4v) is 5.68. The highest BCUT2D eigenvalue weighted by Gasteiger charge is 2.30. The molecule has 0 unspecified atom stereocenters. The Morgan fingerprint density at radius 3 is 1.35 bits per heavy atom. The van der Waals surface area contributed by atoms with Gasteiger partial charge in [0, 0.05) is 7.11 Å². The third-order valence-electron chi connectivity index (χ3n) is 4.17. The molecule has 0 bridgehead atoms. The van der Waals surface area contributed by atoms with Crippen molar-refractivity contribution < 1.29 is 4.43 Å². The largest absolute Gasteiger partial charge is 0.406 e. The second kappa shape index (κ2) is 14.4. The van der Waals surface area contributed by atoms with E-state index in [1.807, 2.05) is 7.11 Å². The average Bonchev–Trinajstić information content (AvgIpc) is 2.46. The van der Waals surface area contributed by atoms with Crippen molar-refractivity contribution in [2.24, 2.45) is 0 Å². The number of unbranched alkanes of at least 4 members (excludes halogenated alkanes) is 10. The Morgan fingerprint density at radius 1 is 0.650 bits per heavy atom. The summed E-state index contributed by atoms with van der Waals surface area (Å²) >= 11 is 6.72. The van der Waals surface area contributed by atoms with Crippen LogP contribution in [0.5, 0.6) is 0 Å². The fraction of sp³-hybridized carbons (Fsp3) is 1.00. The van der Waals surface area contributed by atoms with Crippen LogP contribution in [0.2, 0.25) is 12.1 Å². The number of halogens is 1. The third kappa shape index (κ3) is 12.2. The molecule has 3 heteroatoms. The minimum Gasteiger partial charge on any atom is -0.406 e. The van der Waals surface area contributed by atoms with Crippen molar-refractivity contribution >= 4 is 18.7 Å². The van der Waals surface area contributed by atoms with Crippen LogP contribution in [0.3, 0.4) is 0 Å². The fourth-order valence-electron chi connectivity index (χ4n) is 2.67. The minimum atomic E-state index is -1.89. The molecule has 1 nitrogen and oxygen atoms in total. The molecule has 0 N–H and O–H groups in total. The van der Waals surface area contributed by atoms with Crippen molar-refractivity contribution in [1.29, 1.82) is 0 Å². The second-order valence-electron chi connectivity index (χ2n) is 6.12. The summed E-state index contributed by atoms with van der Waals surface area (Å²) in [6.45, 7) is 4.53. The molecule has 0 saturated carbocycles. The molecule has 0 rings (SSSR count). The first kappa shape index (κ1) is 20.5. The zero-order valence-electron chi connectivity index (χ0n) is 14.2. The molecule has 0 aliphatic carbocycles. The van der Waals surface area contributed by atoms with Gasteiger partial charge in [-0.25, -0.2) is 0 Å². The Bertz CT molecular complexity index is 183. The summed E-state index contributed by atoms with van der Waals surface area (Å²) in [5.41, 5.74) is 0. The average molecular weight is 321 g/mol. The van der Waals surface area contributed by atoms with Crippen molar-refractivity contribution in [3.05, 3.63) is 0 Å². The van der Waals surface area contributed by atoms with E-state index in [0.717, 1.165) is 12.1 Å². The molecular weight excluding hydrogens is 284 g/mol. The first-order chi connectivity index (χ1) is 9.68. The maximum Gasteiger partial charge on any atom is 0.289 e. The van der Waals surface area contributed by atoms with Crippen LogP contribution < -0.4 is 0 Å². The maximum absolute atomic E-state index is 6.72. The summed E-state index contributed by atoms with van der Waals surface area (Å²) in [6, 6.07) is 2.29. The van der Waals surface area contributed by atoms with Crippen molar-refractivity contribution in [3.8, 4) is 0 Å². The monoisotopic (exact) mass is 320 g/mol. The van der Waals surface area contributed by atoms with Crippen LogP contribution in [0.15, 0.2) is 0 Å². The summed E-state index contributed by atoms with van der Waals surface area (Å²) in [4.78, 5) is 0. The van der Waals surface area contributed by atoms with Crippen molar-refractivity contribution in [2.45, 2.75) is 103 Å². The van der Waals surface area contributed by atoms with Crippen LogP contribution in [-0.4, -0.2) is 14.7 Å². The SMILES string of the molecule is CCCCCCCC[Si](Cl)(CCCCCCCC)OC. The normalized spacial score (nSPS) is 12.0. The van der Waals surface area contributed by atoms with Gasteiger partial charge in [-0.3, -0.25) is 0 Å². The zero-order valence-corrected chi connectivity index (χ0v) is 15.9. The van der Waals surface area contributed by atoms with Gasteiger partial charge in [0.05, 0.1) is 0 Å². The van der Waals surface area contributed by atoms with Gasteiger partial charge in [0.2, 0.25) is 0 Å². The summed E-state index contributed by atoms with van der Waals surface area (Å²) in [5, 5.41) is 0. The van der Waals surface area contributed by atoms with Gasteiger partial charge in [0.15, 0.2) is 0 Å². The highest BCUT2D eigenvalue weighted by atomic mass is 35.6. The van der Waals surface area contributed by atoms with Crippen LogP contribution in [-0.2, 0) is 4.43 Å². The molecular formula is C17H37ClOSi. The van der Waals surface area contributed by atoms with Crippen LogP contribution >= 0.6 is 11.1 Å². The third-order valence-corrected chi connectivity index (χ3v) is 8.70. The smallest absolute Gasteiger partial charge is 0.289 e. The Hall–Kier alpha value is 0.467. The minimum absolute atomic E-state index is 1.14. The van der Waals surface area contributed by atoms with E-state index in [9.17, 15) is 0 Å². The molecule has 0 aromatic rings. The first-order valence-electron chi connectivity index (χ1n) is 8.92. The Balaban J connectivity index is 3.57. The lowest BCUT2D eigenvalue weighted by molar-refractivity contribution is 0.403. The van der Waals surface area contributed by atoms with E-state index in [-0.39, 0.29) is 0 Å². The molecule has 0 heterocycles. The molecule has 0 spiro atoms. The predicted octanol–water partition coefficient (Wildman–Crippen LogP) is 7.03. The molecule has 0 amide bonds. The summed E-state index contributed by atoms with van der Waals surface area (Å²) in [6.07, 6.45) is 16.1. The van der Waals surface area contributed by atoms with Gasteiger partial charge in [-0.1, -0.05) is 90.9 Å². The quantitative estimate of drug-likeness (QED) is 0.179. The van der Waals surface area contributed by atoms with E-state index in [1.54, 1.807) is 0 Å². The van der Waals surface area contributed by atoms with Gasteiger partial charge in [-0.2, -0.15) is 0 Å². The Labute approximate surface area is 133 Å². The van der Waals surface area contributed by atoms with Crippen molar-refractivity contribution in [2.75, 3.05) is 7.11 Å².